The monoisotopic (exact) mass is 322 g/mol. The summed E-state index contributed by atoms with van der Waals surface area (Å²) in [6, 6.07) is 5.92. The summed E-state index contributed by atoms with van der Waals surface area (Å²) in [7, 11) is -0.794. The van der Waals surface area contributed by atoms with Crippen molar-refractivity contribution >= 4 is 28.4 Å². The van der Waals surface area contributed by atoms with Crippen LogP contribution in [-0.4, -0.2) is 41.1 Å². The molecule has 0 aliphatic heterocycles. The molecule has 6 nitrogen and oxygen atoms in total. The Bertz CT molecular complexity index is 548. The maximum Gasteiger partial charge on any atom is 0.339 e. The minimum Gasteiger partial charge on any atom is -0.465 e. The van der Waals surface area contributed by atoms with E-state index in [1.165, 1.54) is 19.2 Å². The first kappa shape index (κ1) is 18.9. The first-order valence-corrected chi connectivity index (χ1v) is 7.25. The summed E-state index contributed by atoms with van der Waals surface area (Å²) in [5, 5.41) is 2.92. The van der Waals surface area contributed by atoms with Gasteiger partial charge in [0.15, 0.2) is 0 Å². The van der Waals surface area contributed by atoms with Crippen LogP contribution in [0.2, 0.25) is 0 Å². The number of methoxy groups -OCH3 is 1. The summed E-state index contributed by atoms with van der Waals surface area (Å²) >= 11 is 0. The third-order valence-electron chi connectivity index (χ3n) is 2.65. The number of nitrogens with one attached hydrogen (secondary N) is 2. The van der Waals surface area contributed by atoms with E-state index < -0.39 is 16.0 Å². The van der Waals surface area contributed by atoms with Gasteiger partial charge in [0.25, 0.3) is 0 Å². The van der Waals surface area contributed by atoms with Gasteiger partial charge in [0.05, 0.1) is 17.6 Å². The number of rotatable bonds is 6. The Morgan fingerprint density at radius 2 is 1.95 bits per heavy atom. The van der Waals surface area contributed by atoms with E-state index in [-0.39, 0.29) is 35.5 Å². The molecule has 0 fully saturated rings. The van der Waals surface area contributed by atoms with Crippen molar-refractivity contribution in [3.8, 4) is 0 Å². The standard InChI is InChI=1S/C12H18N2O4S.ClH/c1-9(13-2)8-14-19(16,17)11-7-5-4-6-10(11)12(15)18-3;/h4-7,9,13-14H,8H2,1-3H3;1H. The number of halogens is 1. The Hall–Kier alpha value is -1.15. The molecule has 1 aromatic rings. The summed E-state index contributed by atoms with van der Waals surface area (Å²) in [4.78, 5) is 11.5. The van der Waals surface area contributed by atoms with Crippen LogP contribution in [0.3, 0.4) is 0 Å². The molecule has 0 saturated heterocycles. The van der Waals surface area contributed by atoms with E-state index in [9.17, 15) is 13.2 Å². The lowest BCUT2D eigenvalue weighted by Crippen LogP contribution is -2.37. The van der Waals surface area contributed by atoms with E-state index in [1.54, 1.807) is 19.2 Å². The Balaban J connectivity index is 0.00000361. The third kappa shape index (κ3) is 4.75. The predicted molar refractivity (Wildman–Crippen MR) is 78.7 cm³/mol. The van der Waals surface area contributed by atoms with Crippen molar-refractivity contribution in [2.45, 2.75) is 17.9 Å². The molecule has 0 amide bonds. The normalized spacial score (nSPS) is 12.3. The van der Waals surface area contributed by atoms with Crippen LogP contribution in [0.15, 0.2) is 29.2 Å². The minimum absolute atomic E-state index is 0. The fourth-order valence-corrected chi connectivity index (χ4v) is 2.72. The van der Waals surface area contributed by atoms with Crippen molar-refractivity contribution in [3.05, 3.63) is 29.8 Å². The molecule has 2 N–H and O–H groups in total. The average Bonchev–Trinajstić information content (AvgIpc) is 2.43. The number of carbonyl (C=O) groups excluding carboxylic acids is 1. The molecule has 0 radical (unpaired) electrons. The maximum absolute atomic E-state index is 12.1. The molecule has 0 heterocycles. The number of benzene rings is 1. The molecule has 8 heteroatoms. The molecule has 1 rings (SSSR count). The average molecular weight is 323 g/mol. The van der Waals surface area contributed by atoms with Crippen molar-refractivity contribution in [2.75, 3.05) is 20.7 Å². The first-order chi connectivity index (χ1) is 8.92. The Morgan fingerprint density at radius 1 is 1.35 bits per heavy atom. The zero-order valence-corrected chi connectivity index (χ0v) is 13.2. The van der Waals surface area contributed by atoms with Gasteiger partial charge in [0.1, 0.15) is 0 Å². The summed E-state index contributed by atoms with van der Waals surface area (Å²) in [6.45, 7) is 2.07. The fraction of sp³-hybridized carbons (Fsp3) is 0.417. The molecular formula is C12H19ClN2O4S. The van der Waals surface area contributed by atoms with Gasteiger partial charge in [0, 0.05) is 12.6 Å². The summed E-state index contributed by atoms with van der Waals surface area (Å²) in [5.41, 5.74) is 0.0228. The van der Waals surface area contributed by atoms with E-state index >= 15 is 0 Å². The third-order valence-corrected chi connectivity index (χ3v) is 4.14. The van der Waals surface area contributed by atoms with Gasteiger partial charge in [-0.25, -0.2) is 17.9 Å². The minimum atomic E-state index is -3.74. The largest absolute Gasteiger partial charge is 0.465 e. The van der Waals surface area contributed by atoms with Crippen LogP contribution >= 0.6 is 12.4 Å². The van der Waals surface area contributed by atoms with Crippen LogP contribution in [0.5, 0.6) is 0 Å². The smallest absolute Gasteiger partial charge is 0.339 e. The van der Waals surface area contributed by atoms with Gasteiger partial charge in [-0.2, -0.15) is 0 Å². The SMILES string of the molecule is CNC(C)CNS(=O)(=O)c1ccccc1C(=O)OC.Cl. The summed E-state index contributed by atoms with van der Waals surface area (Å²) in [6.07, 6.45) is 0. The van der Waals surface area contributed by atoms with Crippen molar-refractivity contribution in [2.24, 2.45) is 0 Å². The molecule has 0 bridgehead atoms. The van der Waals surface area contributed by atoms with Crippen LogP contribution in [-0.2, 0) is 14.8 Å². The van der Waals surface area contributed by atoms with Gasteiger partial charge in [-0.05, 0) is 26.1 Å². The van der Waals surface area contributed by atoms with Gasteiger partial charge in [-0.3, -0.25) is 0 Å². The highest BCUT2D eigenvalue weighted by atomic mass is 35.5. The van der Waals surface area contributed by atoms with Crippen LogP contribution in [0, 0.1) is 0 Å². The molecule has 0 spiro atoms. The van der Waals surface area contributed by atoms with Gasteiger partial charge in [-0.1, -0.05) is 12.1 Å². The van der Waals surface area contributed by atoms with E-state index in [0.29, 0.717) is 0 Å². The highest BCUT2D eigenvalue weighted by Gasteiger charge is 2.22. The van der Waals surface area contributed by atoms with Crippen molar-refractivity contribution in [3.63, 3.8) is 0 Å². The number of hydrogen-bond acceptors (Lipinski definition) is 5. The van der Waals surface area contributed by atoms with Gasteiger partial charge in [-0.15, -0.1) is 12.4 Å². The first-order valence-electron chi connectivity index (χ1n) is 5.76. The van der Waals surface area contributed by atoms with Gasteiger partial charge in [0.2, 0.25) is 10.0 Å². The summed E-state index contributed by atoms with van der Waals surface area (Å²) < 4.78 is 31.3. The molecule has 20 heavy (non-hydrogen) atoms. The molecule has 0 aliphatic rings. The maximum atomic E-state index is 12.1. The van der Waals surface area contributed by atoms with E-state index in [0.717, 1.165) is 0 Å². The molecule has 0 aromatic heterocycles. The topological polar surface area (TPSA) is 84.5 Å². The molecule has 1 unspecified atom stereocenters. The predicted octanol–water partition coefficient (Wildman–Crippen LogP) is 0.781. The number of carbonyl (C=O) groups is 1. The second kappa shape index (κ2) is 8.21. The molecule has 0 aliphatic carbocycles. The van der Waals surface area contributed by atoms with E-state index in [1.807, 2.05) is 6.92 Å². The number of esters is 1. The molecule has 1 aromatic carbocycles. The van der Waals surface area contributed by atoms with Gasteiger partial charge < -0.3 is 10.1 Å². The van der Waals surface area contributed by atoms with E-state index in [4.69, 9.17) is 0 Å². The van der Waals surface area contributed by atoms with E-state index in [2.05, 4.69) is 14.8 Å². The second-order valence-electron chi connectivity index (χ2n) is 4.03. The lowest BCUT2D eigenvalue weighted by Gasteiger charge is -2.13. The molecule has 1 atom stereocenters. The van der Waals surface area contributed by atoms with Crippen LogP contribution in [0.25, 0.3) is 0 Å². The number of likely N-dealkylation sites (N-methyl/N-ethyl adjacent to an activating group) is 1. The fourth-order valence-electron chi connectivity index (χ4n) is 1.39. The highest BCUT2D eigenvalue weighted by Crippen LogP contribution is 2.16. The number of ether oxygens (including phenoxy) is 1. The second-order valence-corrected chi connectivity index (χ2v) is 5.76. The zero-order chi connectivity index (χ0) is 14.5. The summed E-state index contributed by atoms with van der Waals surface area (Å²) in [5.74, 6) is -0.678. The zero-order valence-electron chi connectivity index (χ0n) is 11.5. The molecular weight excluding hydrogens is 304 g/mol. The lowest BCUT2D eigenvalue weighted by atomic mass is 10.2. The number of hydrogen-bond donors (Lipinski definition) is 2. The van der Waals surface area contributed by atoms with Crippen LogP contribution < -0.4 is 10.0 Å². The van der Waals surface area contributed by atoms with Crippen molar-refractivity contribution < 1.29 is 17.9 Å². The Morgan fingerprint density at radius 3 is 2.50 bits per heavy atom. The highest BCUT2D eigenvalue weighted by molar-refractivity contribution is 7.89. The van der Waals surface area contributed by atoms with Crippen molar-refractivity contribution in [1.29, 1.82) is 0 Å². The van der Waals surface area contributed by atoms with Gasteiger partial charge >= 0.3 is 5.97 Å². The molecule has 114 valence electrons. The lowest BCUT2D eigenvalue weighted by molar-refractivity contribution is 0.0596. The Kier molecular flexibility index (Phi) is 7.74. The molecule has 0 saturated carbocycles. The number of sulfonamides is 1. The quantitative estimate of drug-likeness (QED) is 0.756. The van der Waals surface area contributed by atoms with Crippen LogP contribution in [0.4, 0.5) is 0 Å². The van der Waals surface area contributed by atoms with Crippen molar-refractivity contribution in [1.82, 2.24) is 10.0 Å². The Labute approximate surface area is 125 Å². The van der Waals surface area contributed by atoms with Crippen LogP contribution in [0.1, 0.15) is 17.3 Å².